The van der Waals surface area contributed by atoms with Gasteiger partial charge in [-0.05, 0) is 12.1 Å². The van der Waals surface area contributed by atoms with E-state index in [-0.39, 0.29) is 5.56 Å². The summed E-state index contributed by atoms with van der Waals surface area (Å²) in [5.41, 5.74) is 6.77. The number of aromatic carboxylic acids is 1. The number of carbonyl (C=O) groups is 1. The minimum Gasteiger partial charge on any atom is -0.478 e. The van der Waals surface area contributed by atoms with Crippen molar-refractivity contribution in [1.29, 1.82) is 0 Å². The minimum absolute atomic E-state index is 0.157. The molecular formula is C12H14N4O2. The monoisotopic (exact) mass is 246 g/mol. The van der Waals surface area contributed by atoms with Gasteiger partial charge in [-0.1, -0.05) is 6.07 Å². The van der Waals surface area contributed by atoms with Crippen LogP contribution in [0.4, 0.5) is 11.4 Å². The summed E-state index contributed by atoms with van der Waals surface area (Å²) in [6.45, 7) is 0.415. The number of nitrogens with one attached hydrogen (secondary N) is 1. The number of anilines is 2. The van der Waals surface area contributed by atoms with Crippen molar-refractivity contribution in [1.82, 2.24) is 9.55 Å². The molecule has 2 rings (SSSR count). The Morgan fingerprint density at radius 3 is 2.94 bits per heavy atom. The number of aryl methyl sites for hydroxylation is 1. The Morgan fingerprint density at radius 2 is 2.33 bits per heavy atom. The number of nitrogen functional groups attached to an aromatic ring is 1. The van der Waals surface area contributed by atoms with Gasteiger partial charge in [-0.3, -0.25) is 0 Å². The van der Waals surface area contributed by atoms with Gasteiger partial charge >= 0.3 is 5.97 Å². The highest BCUT2D eigenvalue weighted by Crippen LogP contribution is 2.23. The lowest BCUT2D eigenvalue weighted by Crippen LogP contribution is -2.11. The van der Waals surface area contributed by atoms with Crippen molar-refractivity contribution in [3.8, 4) is 0 Å². The lowest BCUT2D eigenvalue weighted by molar-refractivity contribution is 0.0698. The molecule has 0 atom stereocenters. The molecule has 1 aromatic heterocycles. The number of nitrogens with zero attached hydrogens (tertiary/aromatic N) is 2. The molecule has 94 valence electrons. The van der Waals surface area contributed by atoms with Crippen LogP contribution in [0, 0.1) is 0 Å². The second-order valence-electron chi connectivity index (χ2n) is 3.88. The van der Waals surface area contributed by atoms with Crippen LogP contribution >= 0.6 is 0 Å². The minimum atomic E-state index is -1.01. The molecule has 0 amide bonds. The number of rotatable bonds is 4. The van der Waals surface area contributed by atoms with Crippen LogP contribution in [0.25, 0.3) is 0 Å². The van der Waals surface area contributed by atoms with Gasteiger partial charge in [0.15, 0.2) is 0 Å². The fraction of sp³-hybridized carbons (Fsp3) is 0.167. The Labute approximate surface area is 104 Å². The first-order chi connectivity index (χ1) is 8.59. The normalized spacial score (nSPS) is 10.3. The lowest BCUT2D eigenvalue weighted by Gasteiger charge is -2.12. The predicted octanol–water partition coefficient (Wildman–Crippen LogP) is 1.31. The van der Waals surface area contributed by atoms with Crippen molar-refractivity contribution in [2.75, 3.05) is 11.1 Å². The number of hydrogen-bond donors (Lipinski definition) is 3. The summed E-state index contributed by atoms with van der Waals surface area (Å²) >= 11 is 0. The fourth-order valence-electron chi connectivity index (χ4n) is 1.68. The zero-order valence-corrected chi connectivity index (χ0v) is 9.92. The zero-order chi connectivity index (χ0) is 13.1. The van der Waals surface area contributed by atoms with E-state index >= 15 is 0 Å². The van der Waals surface area contributed by atoms with E-state index in [1.807, 2.05) is 17.8 Å². The molecule has 0 fully saturated rings. The molecule has 0 aliphatic carbocycles. The molecule has 0 radical (unpaired) electrons. The van der Waals surface area contributed by atoms with Gasteiger partial charge in [0.05, 0.1) is 23.5 Å². The van der Waals surface area contributed by atoms with Crippen LogP contribution < -0.4 is 11.1 Å². The van der Waals surface area contributed by atoms with Gasteiger partial charge in [0.1, 0.15) is 5.82 Å². The highest BCUT2D eigenvalue weighted by atomic mass is 16.4. The third kappa shape index (κ3) is 2.27. The van der Waals surface area contributed by atoms with Gasteiger partial charge in [0.25, 0.3) is 0 Å². The Kier molecular flexibility index (Phi) is 3.18. The number of carboxylic acid groups (broad SMARTS) is 1. The molecule has 4 N–H and O–H groups in total. The fourth-order valence-corrected chi connectivity index (χ4v) is 1.68. The van der Waals surface area contributed by atoms with Gasteiger partial charge in [-0.2, -0.15) is 0 Å². The summed E-state index contributed by atoms with van der Waals surface area (Å²) < 4.78 is 1.85. The van der Waals surface area contributed by atoms with Crippen LogP contribution in [0.15, 0.2) is 30.6 Å². The quantitative estimate of drug-likeness (QED) is 0.707. The summed E-state index contributed by atoms with van der Waals surface area (Å²) in [6, 6.07) is 4.79. The molecule has 0 bridgehead atoms. The molecule has 0 aliphatic rings. The number of imidazole rings is 1. The van der Waals surface area contributed by atoms with E-state index in [1.54, 1.807) is 18.3 Å². The Bertz CT molecular complexity index is 577. The highest BCUT2D eigenvalue weighted by molar-refractivity contribution is 5.97. The van der Waals surface area contributed by atoms with Crippen molar-refractivity contribution in [3.63, 3.8) is 0 Å². The maximum atomic E-state index is 11.1. The molecule has 0 spiro atoms. The average Bonchev–Trinajstić information content (AvgIpc) is 2.73. The van der Waals surface area contributed by atoms with Crippen LogP contribution in [0.1, 0.15) is 16.2 Å². The predicted molar refractivity (Wildman–Crippen MR) is 68.3 cm³/mol. The molecule has 1 aromatic carbocycles. The van der Waals surface area contributed by atoms with Gasteiger partial charge in [-0.25, -0.2) is 9.78 Å². The van der Waals surface area contributed by atoms with Gasteiger partial charge < -0.3 is 20.7 Å². The first-order valence-electron chi connectivity index (χ1n) is 5.41. The summed E-state index contributed by atoms with van der Waals surface area (Å²) in [5, 5.41) is 12.1. The van der Waals surface area contributed by atoms with Crippen LogP contribution in [-0.2, 0) is 13.6 Å². The molecule has 6 heteroatoms. The highest BCUT2D eigenvalue weighted by Gasteiger charge is 2.12. The SMILES string of the molecule is Cn1ccnc1CNc1c(N)cccc1C(=O)O. The smallest absolute Gasteiger partial charge is 0.337 e. The lowest BCUT2D eigenvalue weighted by atomic mass is 10.1. The average molecular weight is 246 g/mol. The van der Waals surface area contributed by atoms with Crippen LogP contribution in [0.3, 0.4) is 0 Å². The Hall–Kier alpha value is -2.50. The standard InChI is InChI=1S/C12H14N4O2/c1-16-6-5-14-10(16)7-15-11-8(12(17)18)3-2-4-9(11)13/h2-6,15H,7,13H2,1H3,(H,17,18). The number of hydrogen-bond acceptors (Lipinski definition) is 4. The van der Waals surface area contributed by atoms with E-state index in [0.717, 1.165) is 5.82 Å². The number of benzene rings is 1. The van der Waals surface area contributed by atoms with Crippen molar-refractivity contribution >= 4 is 17.3 Å². The topological polar surface area (TPSA) is 93.2 Å². The van der Waals surface area contributed by atoms with Crippen LogP contribution in [0.5, 0.6) is 0 Å². The maximum Gasteiger partial charge on any atom is 0.337 e. The van der Waals surface area contributed by atoms with Crippen LogP contribution in [-0.4, -0.2) is 20.6 Å². The first kappa shape index (κ1) is 12.0. The second-order valence-corrected chi connectivity index (χ2v) is 3.88. The van der Waals surface area contributed by atoms with E-state index in [0.29, 0.717) is 17.9 Å². The number of aromatic nitrogens is 2. The third-order valence-electron chi connectivity index (χ3n) is 2.67. The molecule has 18 heavy (non-hydrogen) atoms. The summed E-state index contributed by atoms with van der Waals surface area (Å²) in [5.74, 6) is -0.209. The van der Waals surface area contributed by atoms with E-state index in [9.17, 15) is 4.79 Å². The Balaban J connectivity index is 2.24. The molecule has 6 nitrogen and oxygen atoms in total. The van der Waals surface area contributed by atoms with Gasteiger partial charge in [0, 0.05) is 19.4 Å². The largest absolute Gasteiger partial charge is 0.478 e. The zero-order valence-electron chi connectivity index (χ0n) is 9.92. The molecule has 1 heterocycles. The second kappa shape index (κ2) is 4.79. The van der Waals surface area contributed by atoms with Crippen LogP contribution in [0.2, 0.25) is 0 Å². The number of nitrogens with two attached hydrogens (primary N) is 1. The molecule has 0 aliphatic heterocycles. The third-order valence-corrected chi connectivity index (χ3v) is 2.67. The molecule has 0 unspecified atom stereocenters. The molecule has 0 saturated carbocycles. The van der Waals surface area contributed by atoms with Crippen molar-refractivity contribution in [3.05, 3.63) is 42.0 Å². The summed E-state index contributed by atoms with van der Waals surface area (Å²) in [6.07, 6.45) is 3.51. The Morgan fingerprint density at radius 1 is 1.56 bits per heavy atom. The van der Waals surface area contributed by atoms with Gasteiger partial charge in [-0.15, -0.1) is 0 Å². The van der Waals surface area contributed by atoms with E-state index in [2.05, 4.69) is 10.3 Å². The van der Waals surface area contributed by atoms with Gasteiger partial charge in [0.2, 0.25) is 0 Å². The van der Waals surface area contributed by atoms with Crippen molar-refractivity contribution in [2.24, 2.45) is 7.05 Å². The summed E-state index contributed by atoms with van der Waals surface area (Å²) in [4.78, 5) is 15.2. The number of carboxylic acids is 1. The maximum absolute atomic E-state index is 11.1. The van der Waals surface area contributed by atoms with Crippen molar-refractivity contribution in [2.45, 2.75) is 6.54 Å². The molecule has 2 aromatic rings. The van der Waals surface area contributed by atoms with Crippen molar-refractivity contribution < 1.29 is 9.90 Å². The first-order valence-corrected chi connectivity index (χ1v) is 5.41. The molecular weight excluding hydrogens is 232 g/mol. The van der Waals surface area contributed by atoms with E-state index in [4.69, 9.17) is 10.8 Å². The summed E-state index contributed by atoms with van der Waals surface area (Å²) in [7, 11) is 1.87. The van der Waals surface area contributed by atoms with E-state index < -0.39 is 5.97 Å². The van der Waals surface area contributed by atoms with E-state index in [1.165, 1.54) is 6.07 Å². The number of para-hydroxylation sites is 1. The molecule has 0 saturated heterocycles.